The van der Waals surface area contributed by atoms with Gasteiger partial charge in [-0.15, -0.1) is 0 Å². The van der Waals surface area contributed by atoms with Gasteiger partial charge in [0.05, 0.1) is 14.2 Å². The summed E-state index contributed by atoms with van der Waals surface area (Å²) in [6.07, 6.45) is -0.711. The second kappa shape index (κ2) is 11.7. The van der Waals surface area contributed by atoms with Gasteiger partial charge in [-0.2, -0.15) is 0 Å². The van der Waals surface area contributed by atoms with Gasteiger partial charge in [-0.25, -0.2) is 4.79 Å². The molecule has 214 valence electrons. The molecule has 5 nitrogen and oxygen atoms in total. The standard InChI is InChI=1S/C36H40O5/c1-34(2,3)41-33(37)40-32-23-13-26(14-24-32)35(4,5)25-9-11-27(12-10-25)36(6,28-15-19-30(38-7)20-16-28)29-17-21-31(39-8)22-18-29/h9-24H,1-8H3. The van der Waals surface area contributed by atoms with Crippen molar-refractivity contribution < 1.29 is 23.7 Å². The Morgan fingerprint density at radius 3 is 1.17 bits per heavy atom. The number of hydrogen-bond donors (Lipinski definition) is 0. The fourth-order valence-electron chi connectivity index (χ4n) is 5.04. The first-order valence-electron chi connectivity index (χ1n) is 13.8. The summed E-state index contributed by atoms with van der Waals surface area (Å²) in [6, 6.07) is 32.9. The van der Waals surface area contributed by atoms with Crippen molar-refractivity contribution in [3.05, 3.63) is 125 Å². The summed E-state index contributed by atoms with van der Waals surface area (Å²) in [6.45, 7) is 12.1. The Balaban J connectivity index is 1.64. The monoisotopic (exact) mass is 552 g/mol. The van der Waals surface area contributed by atoms with Crippen LogP contribution in [-0.4, -0.2) is 26.0 Å². The van der Waals surface area contributed by atoms with E-state index in [1.807, 2.05) is 57.2 Å². The molecular formula is C36H40O5. The average Bonchev–Trinajstić information content (AvgIpc) is 2.96. The molecule has 0 amide bonds. The molecule has 0 aliphatic carbocycles. The third-order valence-electron chi connectivity index (χ3n) is 7.69. The molecule has 0 spiro atoms. The first-order chi connectivity index (χ1) is 19.4. The molecule has 0 saturated heterocycles. The summed E-state index contributed by atoms with van der Waals surface area (Å²) >= 11 is 0. The SMILES string of the molecule is COc1ccc(C(C)(c2ccc(OC)cc2)c2ccc(C(C)(C)c3ccc(OC(=O)OC(C)(C)C)cc3)cc2)cc1. The normalized spacial score (nSPS) is 12.0. The smallest absolute Gasteiger partial charge is 0.497 e. The molecule has 0 atom stereocenters. The zero-order chi connectivity index (χ0) is 29.8. The van der Waals surface area contributed by atoms with Crippen LogP contribution in [0.2, 0.25) is 0 Å². The third kappa shape index (κ3) is 6.57. The van der Waals surface area contributed by atoms with Crippen molar-refractivity contribution in [2.24, 2.45) is 0 Å². The summed E-state index contributed by atoms with van der Waals surface area (Å²) < 4.78 is 21.4. The van der Waals surface area contributed by atoms with E-state index in [0.29, 0.717) is 5.75 Å². The van der Waals surface area contributed by atoms with Crippen LogP contribution in [0.15, 0.2) is 97.1 Å². The van der Waals surface area contributed by atoms with E-state index in [4.69, 9.17) is 18.9 Å². The van der Waals surface area contributed by atoms with Crippen LogP contribution >= 0.6 is 0 Å². The Labute approximate surface area is 244 Å². The minimum absolute atomic E-state index is 0.278. The lowest BCUT2D eigenvalue weighted by Gasteiger charge is -2.33. The van der Waals surface area contributed by atoms with Gasteiger partial charge < -0.3 is 18.9 Å². The minimum Gasteiger partial charge on any atom is -0.497 e. The van der Waals surface area contributed by atoms with E-state index in [0.717, 1.165) is 28.2 Å². The number of benzene rings is 4. The van der Waals surface area contributed by atoms with Gasteiger partial charge in [0.2, 0.25) is 0 Å². The summed E-state index contributed by atoms with van der Waals surface area (Å²) in [5, 5.41) is 0. The van der Waals surface area contributed by atoms with Crippen LogP contribution in [0.25, 0.3) is 0 Å². The average molecular weight is 553 g/mol. The van der Waals surface area contributed by atoms with Crippen molar-refractivity contribution in [1.29, 1.82) is 0 Å². The molecule has 4 rings (SSSR count). The number of ether oxygens (including phenoxy) is 4. The van der Waals surface area contributed by atoms with Crippen molar-refractivity contribution in [2.75, 3.05) is 14.2 Å². The maximum absolute atomic E-state index is 12.1. The molecule has 0 unspecified atom stereocenters. The third-order valence-corrected chi connectivity index (χ3v) is 7.69. The van der Waals surface area contributed by atoms with Gasteiger partial charge in [-0.1, -0.05) is 74.5 Å². The van der Waals surface area contributed by atoms with Crippen molar-refractivity contribution >= 4 is 6.16 Å². The highest BCUT2D eigenvalue weighted by atomic mass is 16.7. The number of carbonyl (C=O) groups is 1. The summed E-state index contributed by atoms with van der Waals surface area (Å²) in [7, 11) is 3.36. The Morgan fingerprint density at radius 1 is 0.488 bits per heavy atom. The predicted molar refractivity (Wildman–Crippen MR) is 163 cm³/mol. The lowest BCUT2D eigenvalue weighted by Crippen LogP contribution is -2.26. The molecule has 0 heterocycles. The van der Waals surface area contributed by atoms with Gasteiger partial charge >= 0.3 is 6.16 Å². The molecule has 0 aliphatic rings. The topological polar surface area (TPSA) is 54.0 Å². The molecule has 0 radical (unpaired) electrons. The molecular weight excluding hydrogens is 512 g/mol. The second-order valence-corrected chi connectivity index (χ2v) is 11.9. The maximum atomic E-state index is 12.1. The lowest BCUT2D eigenvalue weighted by atomic mass is 9.70. The molecule has 0 saturated carbocycles. The Bertz CT molecular complexity index is 1400. The Hall–Kier alpha value is -4.25. The zero-order valence-corrected chi connectivity index (χ0v) is 25.3. The molecule has 41 heavy (non-hydrogen) atoms. The largest absolute Gasteiger partial charge is 0.514 e. The zero-order valence-electron chi connectivity index (χ0n) is 25.3. The quantitative estimate of drug-likeness (QED) is 0.124. The molecule has 0 N–H and O–H groups in total. The first-order valence-corrected chi connectivity index (χ1v) is 13.8. The number of carbonyl (C=O) groups excluding carboxylic acids is 1. The van der Waals surface area contributed by atoms with E-state index in [9.17, 15) is 4.79 Å². The second-order valence-electron chi connectivity index (χ2n) is 11.9. The highest BCUT2D eigenvalue weighted by molar-refractivity contribution is 5.64. The van der Waals surface area contributed by atoms with Gasteiger partial charge in [-0.05, 0) is 91.9 Å². The van der Waals surface area contributed by atoms with E-state index in [2.05, 4.69) is 69.3 Å². The molecule has 4 aromatic rings. The van der Waals surface area contributed by atoms with Crippen LogP contribution in [0, 0.1) is 0 Å². The number of methoxy groups -OCH3 is 2. The van der Waals surface area contributed by atoms with Crippen LogP contribution in [0.4, 0.5) is 4.79 Å². The van der Waals surface area contributed by atoms with Crippen molar-refractivity contribution in [2.45, 2.75) is 58.0 Å². The van der Waals surface area contributed by atoms with Crippen LogP contribution in [0.1, 0.15) is 69.4 Å². The lowest BCUT2D eigenvalue weighted by molar-refractivity contribution is 0.0206. The number of hydrogen-bond acceptors (Lipinski definition) is 5. The molecule has 0 bridgehead atoms. The minimum atomic E-state index is -0.711. The van der Waals surface area contributed by atoms with Gasteiger partial charge in [0.1, 0.15) is 22.8 Å². The maximum Gasteiger partial charge on any atom is 0.514 e. The number of rotatable bonds is 8. The summed E-state index contributed by atoms with van der Waals surface area (Å²) in [5.74, 6) is 2.10. The molecule has 0 aliphatic heterocycles. The Kier molecular flexibility index (Phi) is 8.48. The van der Waals surface area contributed by atoms with Crippen LogP contribution in [0.5, 0.6) is 17.2 Å². The van der Waals surface area contributed by atoms with Gasteiger partial charge in [0.25, 0.3) is 0 Å². The molecule has 4 aromatic carbocycles. The van der Waals surface area contributed by atoms with Crippen LogP contribution < -0.4 is 14.2 Å². The van der Waals surface area contributed by atoms with Gasteiger partial charge in [0.15, 0.2) is 0 Å². The predicted octanol–water partition coefficient (Wildman–Crippen LogP) is 8.70. The van der Waals surface area contributed by atoms with Crippen LogP contribution in [-0.2, 0) is 15.6 Å². The van der Waals surface area contributed by atoms with E-state index in [1.54, 1.807) is 26.4 Å². The summed E-state index contributed by atoms with van der Waals surface area (Å²) in [5.41, 5.74) is 4.49. The molecule has 0 aromatic heterocycles. The van der Waals surface area contributed by atoms with Gasteiger partial charge in [-0.3, -0.25) is 0 Å². The van der Waals surface area contributed by atoms with E-state index in [1.165, 1.54) is 11.1 Å². The fraction of sp³-hybridized carbons (Fsp3) is 0.306. The van der Waals surface area contributed by atoms with E-state index in [-0.39, 0.29) is 5.41 Å². The van der Waals surface area contributed by atoms with Gasteiger partial charge in [0, 0.05) is 10.8 Å². The van der Waals surface area contributed by atoms with Crippen molar-refractivity contribution in [1.82, 2.24) is 0 Å². The van der Waals surface area contributed by atoms with Crippen molar-refractivity contribution in [3.63, 3.8) is 0 Å². The summed E-state index contributed by atoms with van der Waals surface area (Å²) in [4.78, 5) is 12.1. The first kappa shape index (κ1) is 29.7. The Morgan fingerprint density at radius 2 is 0.805 bits per heavy atom. The highest BCUT2D eigenvalue weighted by Crippen LogP contribution is 2.41. The highest BCUT2D eigenvalue weighted by Gasteiger charge is 2.32. The van der Waals surface area contributed by atoms with Crippen molar-refractivity contribution in [3.8, 4) is 17.2 Å². The molecule has 5 heteroatoms. The van der Waals surface area contributed by atoms with Crippen LogP contribution in [0.3, 0.4) is 0 Å². The van der Waals surface area contributed by atoms with E-state index >= 15 is 0 Å². The fourth-order valence-corrected chi connectivity index (χ4v) is 5.04. The molecule has 0 fully saturated rings. The van der Waals surface area contributed by atoms with E-state index < -0.39 is 17.2 Å².